The van der Waals surface area contributed by atoms with E-state index in [9.17, 15) is 4.79 Å². The van der Waals surface area contributed by atoms with Crippen molar-refractivity contribution in [1.29, 1.82) is 0 Å². The Labute approximate surface area is 165 Å². The summed E-state index contributed by atoms with van der Waals surface area (Å²) in [6.45, 7) is 2.51. The predicted molar refractivity (Wildman–Crippen MR) is 106 cm³/mol. The predicted octanol–water partition coefficient (Wildman–Crippen LogP) is 4.61. The van der Waals surface area contributed by atoms with Crippen LogP contribution in [-0.4, -0.2) is 25.6 Å². The maximum absolute atomic E-state index is 12.5. The molecule has 0 spiro atoms. The molecule has 6 rings (SSSR count). The molecule has 0 N–H and O–H groups in total. The van der Waals surface area contributed by atoms with E-state index in [1.54, 1.807) is 13.2 Å². The Balaban J connectivity index is 1.44. The van der Waals surface area contributed by atoms with E-state index < -0.39 is 0 Å². The number of hydrogen-bond acceptors (Lipinski definition) is 5. The number of benzene rings is 1. The zero-order chi connectivity index (χ0) is 19.3. The number of ether oxygens (including phenoxy) is 3. The van der Waals surface area contributed by atoms with Crippen LogP contribution in [0.3, 0.4) is 0 Å². The van der Waals surface area contributed by atoms with E-state index in [1.165, 1.54) is 19.3 Å². The van der Waals surface area contributed by atoms with Crippen LogP contribution >= 0.6 is 0 Å². The van der Waals surface area contributed by atoms with Crippen LogP contribution < -0.4 is 9.47 Å². The number of esters is 1. The summed E-state index contributed by atoms with van der Waals surface area (Å²) in [7, 11) is 1.61. The highest BCUT2D eigenvalue weighted by Crippen LogP contribution is 2.61. The molecule has 148 valence electrons. The van der Waals surface area contributed by atoms with E-state index in [-0.39, 0.29) is 11.4 Å². The van der Waals surface area contributed by atoms with Crippen molar-refractivity contribution in [2.75, 3.05) is 13.7 Å². The Bertz CT molecular complexity index is 834. The van der Waals surface area contributed by atoms with Crippen molar-refractivity contribution < 1.29 is 19.0 Å². The van der Waals surface area contributed by atoms with Crippen LogP contribution in [-0.2, 0) is 9.53 Å². The molecule has 4 saturated carbocycles. The van der Waals surface area contributed by atoms with Gasteiger partial charge in [-0.3, -0.25) is 0 Å². The molecule has 1 aliphatic heterocycles. The first-order valence-corrected chi connectivity index (χ1v) is 10.4. The molecular weight excluding hydrogens is 354 g/mol. The van der Waals surface area contributed by atoms with E-state index in [4.69, 9.17) is 19.2 Å². The lowest BCUT2D eigenvalue weighted by Crippen LogP contribution is -2.50. The molecule has 0 saturated heterocycles. The molecule has 0 aromatic heterocycles. The Hall–Kier alpha value is -2.30. The average molecular weight is 381 g/mol. The number of carbonyl (C=O) groups is 1. The lowest BCUT2D eigenvalue weighted by molar-refractivity contribution is -0.131. The fourth-order valence-corrected chi connectivity index (χ4v) is 6.22. The first-order chi connectivity index (χ1) is 13.6. The van der Waals surface area contributed by atoms with Gasteiger partial charge in [0.1, 0.15) is 0 Å². The average Bonchev–Trinajstić information content (AvgIpc) is 3.03. The van der Waals surface area contributed by atoms with Crippen LogP contribution in [0.1, 0.15) is 51.0 Å². The first-order valence-electron chi connectivity index (χ1n) is 10.4. The lowest BCUT2D eigenvalue weighted by atomic mass is 9.49. The SMILES string of the molecule is CCOc1ccc(C=C2N=C(C34CC5CC(CC(C5)C3)C4)OC2=O)cc1OC. The second-order valence-electron chi connectivity index (χ2n) is 8.88. The second kappa shape index (κ2) is 6.64. The van der Waals surface area contributed by atoms with Crippen molar-refractivity contribution in [2.45, 2.75) is 45.4 Å². The Kier molecular flexibility index (Phi) is 4.22. The molecule has 1 aromatic carbocycles. The van der Waals surface area contributed by atoms with Crippen LogP contribution in [0.5, 0.6) is 11.5 Å². The van der Waals surface area contributed by atoms with Gasteiger partial charge >= 0.3 is 5.97 Å². The van der Waals surface area contributed by atoms with E-state index in [1.807, 2.05) is 25.1 Å². The maximum Gasteiger partial charge on any atom is 0.363 e. The summed E-state index contributed by atoms with van der Waals surface area (Å²) in [6.07, 6.45) is 9.26. The van der Waals surface area contributed by atoms with E-state index in [2.05, 4.69) is 0 Å². The summed E-state index contributed by atoms with van der Waals surface area (Å²) >= 11 is 0. The maximum atomic E-state index is 12.5. The molecular formula is C23H27NO4. The highest BCUT2D eigenvalue weighted by atomic mass is 16.6. The molecule has 4 aliphatic carbocycles. The quantitative estimate of drug-likeness (QED) is 0.552. The molecule has 0 radical (unpaired) electrons. The van der Waals surface area contributed by atoms with Gasteiger partial charge in [0, 0.05) is 5.41 Å². The fourth-order valence-electron chi connectivity index (χ4n) is 6.22. The fraction of sp³-hybridized carbons (Fsp3) is 0.565. The molecule has 4 bridgehead atoms. The van der Waals surface area contributed by atoms with Crippen molar-refractivity contribution in [2.24, 2.45) is 28.2 Å². The molecule has 5 nitrogen and oxygen atoms in total. The molecule has 1 heterocycles. The normalized spacial score (nSPS) is 34.5. The van der Waals surface area contributed by atoms with Crippen molar-refractivity contribution in [3.63, 3.8) is 0 Å². The van der Waals surface area contributed by atoms with Crippen LogP contribution in [0.25, 0.3) is 6.08 Å². The van der Waals surface area contributed by atoms with Crippen molar-refractivity contribution in [1.82, 2.24) is 0 Å². The lowest BCUT2D eigenvalue weighted by Gasteiger charge is -2.55. The standard InChI is InChI=1S/C23H27NO4/c1-3-27-19-5-4-14(10-20(19)26-2)9-18-21(25)28-22(24-18)23-11-15-6-16(12-23)8-17(7-15)13-23/h4-5,9-10,15-17H,3,6-8,11-13H2,1-2H3. The number of carbonyl (C=O) groups excluding carboxylic acids is 1. The third kappa shape index (κ3) is 2.92. The largest absolute Gasteiger partial charge is 0.493 e. The van der Waals surface area contributed by atoms with Crippen LogP contribution in [0, 0.1) is 23.2 Å². The van der Waals surface area contributed by atoms with Gasteiger partial charge in [-0.15, -0.1) is 0 Å². The summed E-state index contributed by atoms with van der Waals surface area (Å²) in [4.78, 5) is 17.2. The number of hydrogen-bond donors (Lipinski definition) is 0. The third-order valence-electron chi connectivity index (χ3n) is 6.90. The van der Waals surface area contributed by atoms with Gasteiger partial charge in [-0.25, -0.2) is 9.79 Å². The molecule has 0 unspecified atom stereocenters. The van der Waals surface area contributed by atoms with Gasteiger partial charge in [0.2, 0.25) is 5.90 Å². The minimum Gasteiger partial charge on any atom is -0.493 e. The summed E-state index contributed by atoms with van der Waals surface area (Å²) < 4.78 is 16.7. The number of aliphatic imine (C=N–C) groups is 1. The zero-order valence-corrected chi connectivity index (χ0v) is 16.6. The molecule has 5 heteroatoms. The van der Waals surface area contributed by atoms with Gasteiger partial charge in [-0.05, 0) is 87.0 Å². The van der Waals surface area contributed by atoms with Crippen molar-refractivity contribution in [3.05, 3.63) is 29.5 Å². The number of nitrogens with zero attached hydrogens (tertiary/aromatic N) is 1. The molecule has 4 fully saturated rings. The molecule has 28 heavy (non-hydrogen) atoms. The number of cyclic esters (lactones) is 1. The highest BCUT2D eigenvalue weighted by molar-refractivity contribution is 6.09. The van der Waals surface area contributed by atoms with Gasteiger partial charge in [0.25, 0.3) is 0 Å². The molecule has 0 atom stereocenters. The van der Waals surface area contributed by atoms with Gasteiger partial charge < -0.3 is 14.2 Å². The van der Waals surface area contributed by atoms with Gasteiger partial charge in [0.15, 0.2) is 17.2 Å². The third-order valence-corrected chi connectivity index (χ3v) is 6.90. The highest BCUT2D eigenvalue weighted by Gasteiger charge is 2.55. The Morgan fingerprint density at radius 2 is 1.82 bits per heavy atom. The Morgan fingerprint density at radius 3 is 2.43 bits per heavy atom. The van der Waals surface area contributed by atoms with E-state index >= 15 is 0 Å². The molecule has 1 aromatic rings. The van der Waals surface area contributed by atoms with Crippen molar-refractivity contribution in [3.8, 4) is 11.5 Å². The minimum absolute atomic E-state index is 0.00346. The number of rotatable bonds is 5. The topological polar surface area (TPSA) is 57.1 Å². The van der Waals surface area contributed by atoms with Crippen LogP contribution in [0.2, 0.25) is 0 Å². The molecule has 5 aliphatic rings. The molecule has 0 amide bonds. The summed E-state index contributed by atoms with van der Waals surface area (Å²) in [5, 5.41) is 0. The summed E-state index contributed by atoms with van der Waals surface area (Å²) in [5.74, 6) is 4.05. The van der Waals surface area contributed by atoms with Crippen LogP contribution in [0.4, 0.5) is 0 Å². The number of methoxy groups -OCH3 is 1. The van der Waals surface area contributed by atoms with Gasteiger partial charge in [-0.2, -0.15) is 0 Å². The monoisotopic (exact) mass is 381 g/mol. The van der Waals surface area contributed by atoms with Gasteiger partial charge in [-0.1, -0.05) is 6.07 Å². The van der Waals surface area contributed by atoms with Crippen molar-refractivity contribution >= 4 is 17.9 Å². The summed E-state index contributed by atoms with van der Waals surface area (Å²) in [5.41, 5.74) is 1.23. The zero-order valence-electron chi connectivity index (χ0n) is 16.6. The van der Waals surface area contributed by atoms with Crippen LogP contribution in [0.15, 0.2) is 28.9 Å². The minimum atomic E-state index is -0.335. The smallest absolute Gasteiger partial charge is 0.363 e. The Morgan fingerprint density at radius 1 is 1.14 bits per heavy atom. The first kappa shape index (κ1) is 17.8. The van der Waals surface area contributed by atoms with E-state index in [0.29, 0.717) is 29.7 Å². The second-order valence-corrected chi connectivity index (χ2v) is 8.88. The summed E-state index contributed by atoms with van der Waals surface area (Å²) in [6, 6.07) is 5.63. The van der Waals surface area contributed by atoms with Gasteiger partial charge in [0.05, 0.1) is 13.7 Å². The van der Waals surface area contributed by atoms with E-state index in [0.717, 1.165) is 42.6 Å².